The Balaban J connectivity index is 1.60. The molecule has 1 aromatic heterocycles. The maximum atomic E-state index is 6.05. The summed E-state index contributed by atoms with van der Waals surface area (Å²) < 4.78 is 0. The van der Waals surface area contributed by atoms with E-state index in [4.69, 9.17) is 16.6 Å². The summed E-state index contributed by atoms with van der Waals surface area (Å²) in [6.07, 6.45) is 4.19. The van der Waals surface area contributed by atoms with Gasteiger partial charge in [0, 0.05) is 24.3 Å². The van der Waals surface area contributed by atoms with Crippen molar-refractivity contribution in [2.75, 3.05) is 16.8 Å². The third-order valence-electron chi connectivity index (χ3n) is 5.42. The molecule has 0 radical (unpaired) electrons. The first kappa shape index (κ1) is 18.8. The SMILES string of the molecule is Cc1ccc(C(C)Nc2nccc3c2N(Cc2ccc(Cl)cc2)CCC3)cc1. The summed E-state index contributed by atoms with van der Waals surface area (Å²) in [6.45, 7) is 6.21. The number of anilines is 2. The van der Waals surface area contributed by atoms with Crippen LogP contribution in [0.1, 0.15) is 41.6 Å². The first-order valence-electron chi connectivity index (χ1n) is 9.90. The standard InChI is InChI=1S/C24H26ClN3/c1-17-5-9-20(10-6-17)18(2)27-24-23-21(13-14-26-24)4-3-15-28(23)16-19-7-11-22(25)12-8-19/h5-14,18H,3-4,15-16H2,1-2H3,(H,26,27). The minimum Gasteiger partial charge on any atom is -0.364 e. The average Bonchev–Trinajstić information content (AvgIpc) is 2.70. The molecular formula is C24H26ClN3. The summed E-state index contributed by atoms with van der Waals surface area (Å²) >= 11 is 6.05. The largest absolute Gasteiger partial charge is 0.364 e. The zero-order valence-electron chi connectivity index (χ0n) is 16.5. The van der Waals surface area contributed by atoms with Gasteiger partial charge in [0.25, 0.3) is 0 Å². The summed E-state index contributed by atoms with van der Waals surface area (Å²) in [5.41, 5.74) is 6.42. The van der Waals surface area contributed by atoms with E-state index < -0.39 is 0 Å². The first-order chi connectivity index (χ1) is 13.6. The van der Waals surface area contributed by atoms with E-state index >= 15 is 0 Å². The van der Waals surface area contributed by atoms with Crippen molar-refractivity contribution < 1.29 is 0 Å². The minimum absolute atomic E-state index is 0.193. The Kier molecular flexibility index (Phi) is 5.54. The third-order valence-corrected chi connectivity index (χ3v) is 5.67. The van der Waals surface area contributed by atoms with Crippen LogP contribution in [0.5, 0.6) is 0 Å². The second-order valence-corrected chi connectivity index (χ2v) is 8.03. The smallest absolute Gasteiger partial charge is 0.150 e. The highest BCUT2D eigenvalue weighted by Crippen LogP contribution is 2.35. The Hall–Kier alpha value is -2.52. The highest BCUT2D eigenvalue weighted by Gasteiger charge is 2.22. The van der Waals surface area contributed by atoms with Crippen LogP contribution in [-0.4, -0.2) is 11.5 Å². The van der Waals surface area contributed by atoms with Gasteiger partial charge in [0.15, 0.2) is 0 Å². The topological polar surface area (TPSA) is 28.2 Å². The molecule has 28 heavy (non-hydrogen) atoms. The van der Waals surface area contributed by atoms with Gasteiger partial charge in [0.2, 0.25) is 0 Å². The van der Waals surface area contributed by atoms with Crippen molar-refractivity contribution in [1.82, 2.24) is 4.98 Å². The van der Waals surface area contributed by atoms with E-state index in [9.17, 15) is 0 Å². The second kappa shape index (κ2) is 8.24. The third kappa shape index (κ3) is 4.15. The molecule has 4 rings (SSSR count). The van der Waals surface area contributed by atoms with Crippen LogP contribution in [-0.2, 0) is 13.0 Å². The van der Waals surface area contributed by atoms with Gasteiger partial charge in [-0.1, -0.05) is 53.6 Å². The molecule has 0 bridgehead atoms. The zero-order valence-corrected chi connectivity index (χ0v) is 17.2. The van der Waals surface area contributed by atoms with Gasteiger partial charge in [0.1, 0.15) is 5.82 Å². The second-order valence-electron chi connectivity index (χ2n) is 7.60. The Morgan fingerprint density at radius 1 is 1.07 bits per heavy atom. The molecule has 1 atom stereocenters. The van der Waals surface area contributed by atoms with Gasteiger partial charge in [-0.25, -0.2) is 4.98 Å². The van der Waals surface area contributed by atoms with E-state index in [2.05, 4.69) is 66.5 Å². The summed E-state index contributed by atoms with van der Waals surface area (Å²) in [4.78, 5) is 7.15. The van der Waals surface area contributed by atoms with Gasteiger partial charge < -0.3 is 10.2 Å². The average molecular weight is 392 g/mol. The van der Waals surface area contributed by atoms with Crippen molar-refractivity contribution in [3.8, 4) is 0 Å². The number of pyridine rings is 1. The first-order valence-corrected chi connectivity index (χ1v) is 10.3. The summed E-state index contributed by atoms with van der Waals surface area (Å²) in [5.74, 6) is 0.972. The normalized spacial score (nSPS) is 14.5. The van der Waals surface area contributed by atoms with Crippen LogP contribution >= 0.6 is 11.6 Å². The fourth-order valence-electron chi connectivity index (χ4n) is 3.84. The van der Waals surface area contributed by atoms with Crippen molar-refractivity contribution >= 4 is 23.1 Å². The van der Waals surface area contributed by atoms with Gasteiger partial charge in [-0.3, -0.25) is 0 Å². The molecule has 0 aliphatic carbocycles. The number of benzene rings is 2. The quantitative estimate of drug-likeness (QED) is 0.563. The van der Waals surface area contributed by atoms with Crippen molar-refractivity contribution in [1.29, 1.82) is 0 Å². The number of fused-ring (bicyclic) bond motifs is 1. The number of nitrogens with one attached hydrogen (secondary N) is 1. The molecule has 0 amide bonds. The molecule has 3 aromatic rings. The van der Waals surface area contributed by atoms with Crippen molar-refractivity contribution in [2.45, 2.75) is 39.3 Å². The fourth-order valence-corrected chi connectivity index (χ4v) is 3.96. The molecule has 144 valence electrons. The van der Waals surface area contributed by atoms with Crippen LogP contribution in [0.15, 0.2) is 60.8 Å². The van der Waals surface area contributed by atoms with Crippen LogP contribution in [0.25, 0.3) is 0 Å². The summed E-state index contributed by atoms with van der Waals surface area (Å²) in [5, 5.41) is 4.43. The lowest BCUT2D eigenvalue weighted by Gasteiger charge is -2.33. The van der Waals surface area contributed by atoms with E-state index in [0.717, 1.165) is 36.8 Å². The fraction of sp³-hybridized carbons (Fsp3) is 0.292. The number of nitrogens with zero attached hydrogens (tertiary/aromatic N) is 2. The van der Waals surface area contributed by atoms with E-state index in [1.54, 1.807) is 0 Å². The van der Waals surface area contributed by atoms with Crippen LogP contribution in [0.4, 0.5) is 11.5 Å². The predicted molar refractivity (Wildman–Crippen MR) is 118 cm³/mol. The van der Waals surface area contributed by atoms with Crippen LogP contribution in [0, 0.1) is 6.92 Å². The number of aryl methyl sites for hydroxylation is 2. The van der Waals surface area contributed by atoms with Crippen molar-refractivity contribution in [2.24, 2.45) is 0 Å². The zero-order chi connectivity index (χ0) is 19.5. The van der Waals surface area contributed by atoms with Gasteiger partial charge in [-0.15, -0.1) is 0 Å². The number of halogens is 1. The highest BCUT2D eigenvalue weighted by atomic mass is 35.5. The minimum atomic E-state index is 0.193. The molecule has 2 heterocycles. The summed E-state index contributed by atoms with van der Waals surface area (Å²) in [7, 11) is 0. The maximum absolute atomic E-state index is 6.05. The predicted octanol–water partition coefficient (Wildman–Crippen LogP) is 6.17. The van der Waals surface area contributed by atoms with E-state index in [1.807, 2.05) is 18.3 Å². The molecule has 3 nitrogen and oxygen atoms in total. The number of rotatable bonds is 5. The molecule has 0 fully saturated rings. The molecule has 0 saturated heterocycles. The molecule has 1 N–H and O–H groups in total. The molecule has 1 unspecified atom stereocenters. The lowest BCUT2D eigenvalue weighted by Crippen LogP contribution is -2.30. The van der Waals surface area contributed by atoms with Gasteiger partial charge in [-0.05, 0) is 61.6 Å². The van der Waals surface area contributed by atoms with Gasteiger partial charge in [-0.2, -0.15) is 0 Å². The van der Waals surface area contributed by atoms with E-state index in [0.29, 0.717) is 0 Å². The Morgan fingerprint density at radius 2 is 1.82 bits per heavy atom. The lowest BCUT2D eigenvalue weighted by atomic mass is 10.0. The van der Waals surface area contributed by atoms with E-state index in [1.165, 1.54) is 27.9 Å². The Bertz CT molecular complexity index is 935. The van der Waals surface area contributed by atoms with Gasteiger partial charge >= 0.3 is 0 Å². The number of hydrogen-bond acceptors (Lipinski definition) is 3. The van der Waals surface area contributed by atoms with Crippen LogP contribution < -0.4 is 10.2 Å². The summed E-state index contributed by atoms with van der Waals surface area (Å²) in [6, 6.07) is 19.2. The Morgan fingerprint density at radius 3 is 2.57 bits per heavy atom. The molecule has 4 heteroatoms. The van der Waals surface area contributed by atoms with E-state index in [-0.39, 0.29) is 6.04 Å². The maximum Gasteiger partial charge on any atom is 0.150 e. The van der Waals surface area contributed by atoms with Crippen molar-refractivity contribution in [3.63, 3.8) is 0 Å². The van der Waals surface area contributed by atoms with Crippen molar-refractivity contribution in [3.05, 3.63) is 88.1 Å². The molecule has 0 spiro atoms. The number of hydrogen-bond donors (Lipinski definition) is 1. The van der Waals surface area contributed by atoms with Crippen LogP contribution in [0.3, 0.4) is 0 Å². The molecule has 0 saturated carbocycles. The number of aromatic nitrogens is 1. The lowest BCUT2D eigenvalue weighted by molar-refractivity contribution is 0.688. The Labute approximate surface area is 172 Å². The van der Waals surface area contributed by atoms with Crippen LogP contribution in [0.2, 0.25) is 5.02 Å². The monoisotopic (exact) mass is 391 g/mol. The molecule has 1 aliphatic rings. The van der Waals surface area contributed by atoms with Gasteiger partial charge in [0.05, 0.1) is 11.7 Å². The molecule has 1 aliphatic heterocycles. The molecular weight excluding hydrogens is 366 g/mol. The highest BCUT2D eigenvalue weighted by molar-refractivity contribution is 6.30. The molecule has 2 aromatic carbocycles.